The summed E-state index contributed by atoms with van der Waals surface area (Å²) in [5, 5.41) is 19.2. The predicted molar refractivity (Wildman–Crippen MR) is 193 cm³/mol. The van der Waals surface area contributed by atoms with Crippen LogP contribution in [0.1, 0.15) is 72.1 Å². The maximum absolute atomic E-state index is 12.3. The highest BCUT2D eigenvalue weighted by Crippen LogP contribution is 2.44. The topological polar surface area (TPSA) is 92.4 Å². The molecule has 0 saturated carbocycles. The van der Waals surface area contributed by atoms with E-state index in [9.17, 15) is 14.9 Å². The van der Waals surface area contributed by atoms with Gasteiger partial charge in [0.05, 0.1) is 4.92 Å². The van der Waals surface area contributed by atoms with Gasteiger partial charge in [0.15, 0.2) is 5.82 Å². The number of nitrogens with zero attached hydrogens (tertiary/aromatic N) is 3. The molecule has 8 nitrogen and oxygen atoms in total. The van der Waals surface area contributed by atoms with Gasteiger partial charge >= 0.3 is 0 Å². The summed E-state index contributed by atoms with van der Waals surface area (Å²) in [7, 11) is 1.68. The minimum absolute atomic E-state index is 0.0302. The van der Waals surface area contributed by atoms with Gasteiger partial charge in [-0.3, -0.25) is 14.9 Å². The van der Waals surface area contributed by atoms with Gasteiger partial charge in [-0.25, -0.2) is 0 Å². The predicted octanol–water partition coefficient (Wildman–Crippen LogP) is 8.18. The zero-order valence-corrected chi connectivity index (χ0v) is 30.5. The molecule has 2 N–H and O–H groups in total. The van der Waals surface area contributed by atoms with E-state index < -0.39 is 4.92 Å². The number of carbonyl (C=O) groups is 1. The van der Waals surface area contributed by atoms with E-state index in [1.54, 1.807) is 14.0 Å². The van der Waals surface area contributed by atoms with Crippen molar-refractivity contribution in [3.63, 3.8) is 0 Å². The third-order valence-electron chi connectivity index (χ3n) is 8.13. The molecule has 2 heterocycles. The van der Waals surface area contributed by atoms with Crippen molar-refractivity contribution in [3.8, 4) is 0 Å². The van der Waals surface area contributed by atoms with Crippen LogP contribution in [0.5, 0.6) is 0 Å². The molecule has 11 heteroatoms. The normalized spacial score (nSPS) is 16.1. The number of fused-ring (bicyclic) bond motifs is 1. The SMILES string of the molecule is CN/C(=C\[N+](=O)[O-])NCC(C)(C)Cc1c(SC(C)(C)C)c2cc(SCC3CCCCN3C(C)=O)ccc2n1Cc1ccc(Cl)cc1. The summed E-state index contributed by atoms with van der Waals surface area (Å²) >= 11 is 9.97. The monoisotopic (exact) mass is 685 g/mol. The van der Waals surface area contributed by atoms with Gasteiger partial charge in [0, 0.05) is 81.6 Å². The average molecular weight is 686 g/mol. The molecule has 0 spiro atoms. The fourth-order valence-corrected chi connectivity index (χ4v) is 8.34. The minimum Gasteiger partial charge on any atom is -0.370 e. The van der Waals surface area contributed by atoms with E-state index >= 15 is 0 Å². The molecule has 0 radical (unpaired) electrons. The highest BCUT2D eigenvalue weighted by Gasteiger charge is 2.29. The van der Waals surface area contributed by atoms with Gasteiger partial charge in [-0.2, -0.15) is 0 Å². The lowest BCUT2D eigenvalue weighted by atomic mass is 9.87. The molecule has 2 aromatic carbocycles. The summed E-state index contributed by atoms with van der Waals surface area (Å²) in [6.45, 7) is 14.9. The number of likely N-dealkylation sites (tertiary alicyclic amines) is 1. The van der Waals surface area contributed by atoms with E-state index in [0.29, 0.717) is 23.9 Å². The number of piperidine rings is 1. The summed E-state index contributed by atoms with van der Waals surface area (Å²) in [6.07, 6.45) is 5.03. The summed E-state index contributed by atoms with van der Waals surface area (Å²) in [5.41, 5.74) is 3.35. The Hall–Kier alpha value is -2.82. The number of hydrogen-bond acceptors (Lipinski definition) is 7. The summed E-state index contributed by atoms with van der Waals surface area (Å²) in [5.74, 6) is 1.43. The maximum atomic E-state index is 12.3. The first-order chi connectivity index (χ1) is 21.7. The standard InChI is InChI=1S/C35H48ClN5O3S2/c1-24(42)39-17-9-8-10-27(39)22-45-28-15-16-30-29(18-28)33(46-34(2,3)4)31(40(30)20-25-11-13-26(36)14-12-25)19-35(5,6)23-38-32(37-7)21-41(43)44/h11-16,18,21,27,37-38H,8-10,17,19-20,22-23H2,1-7H3/b32-21+. The van der Waals surface area contributed by atoms with Gasteiger partial charge in [0.1, 0.15) is 0 Å². The van der Waals surface area contributed by atoms with Gasteiger partial charge < -0.3 is 20.1 Å². The third-order valence-corrected chi connectivity index (χ3v) is 10.8. The molecule has 1 aromatic heterocycles. The van der Waals surface area contributed by atoms with Crippen LogP contribution in [0.15, 0.2) is 64.3 Å². The van der Waals surface area contributed by atoms with Crippen LogP contribution < -0.4 is 10.6 Å². The van der Waals surface area contributed by atoms with Gasteiger partial charge in [-0.1, -0.05) is 58.4 Å². The molecule has 46 heavy (non-hydrogen) atoms. The van der Waals surface area contributed by atoms with E-state index in [0.717, 1.165) is 43.3 Å². The zero-order chi connectivity index (χ0) is 33.6. The first-order valence-electron chi connectivity index (χ1n) is 15.9. The number of nitro groups is 1. The molecule has 1 saturated heterocycles. The quantitative estimate of drug-likeness (QED) is 0.107. The number of halogens is 1. The molecule has 1 atom stereocenters. The smallest absolute Gasteiger partial charge is 0.274 e. The van der Waals surface area contributed by atoms with Crippen molar-refractivity contribution < 1.29 is 9.72 Å². The van der Waals surface area contributed by atoms with Crippen molar-refractivity contribution in [1.82, 2.24) is 20.1 Å². The molecule has 1 fully saturated rings. The Morgan fingerprint density at radius 3 is 2.48 bits per heavy atom. The number of benzene rings is 2. The largest absolute Gasteiger partial charge is 0.370 e. The lowest BCUT2D eigenvalue weighted by Gasteiger charge is -2.34. The number of hydrogen-bond donors (Lipinski definition) is 2. The van der Waals surface area contributed by atoms with Crippen LogP contribution in [-0.4, -0.2) is 57.0 Å². The second-order valence-electron chi connectivity index (χ2n) is 13.8. The molecule has 1 amide bonds. The zero-order valence-electron chi connectivity index (χ0n) is 28.1. The van der Waals surface area contributed by atoms with Crippen molar-refractivity contribution in [2.24, 2.45) is 5.41 Å². The minimum atomic E-state index is -0.449. The number of thioether (sulfide) groups is 2. The van der Waals surface area contributed by atoms with Crippen LogP contribution in [0.25, 0.3) is 10.9 Å². The summed E-state index contributed by atoms with van der Waals surface area (Å²) in [4.78, 5) is 27.5. The molecule has 250 valence electrons. The molecule has 0 bridgehead atoms. The Labute approximate surface area is 287 Å². The average Bonchev–Trinajstić information content (AvgIpc) is 3.24. The lowest BCUT2D eigenvalue weighted by molar-refractivity contribution is -0.404. The second kappa shape index (κ2) is 15.4. The van der Waals surface area contributed by atoms with Crippen LogP contribution in [0.2, 0.25) is 5.02 Å². The molecular weight excluding hydrogens is 638 g/mol. The highest BCUT2D eigenvalue weighted by atomic mass is 35.5. The molecule has 1 aliphatic heterocycles. The van der Waals surface area contributed by atoms with Crippen LogP contribution in [0.4, 0.5) is 0 Å². The van der Waals surface area contributed by atoms with E-state index in [1.165, 1.54) is 32.8 Å². The molecule has 1 unspecified atom stereocenters. The fourth-order valence-electron chi connectivity index (χ4n) is 5.93. The number of nitrogens with one attached hydrogen (secondary N) is 2. The first-order valence-corrected chi connectivity index (χ1v) is 18.1. The van der Waals surface area contributed by atoms with Crippen LogP contribution >= 0.6 is 35.1 Å². The first kappa shape index (κ1) is 36.0. The third kappa shape index (κ3) is 9.84. The van der Waals surface area contributed by atoms with Gasteiger partial charge in [0.2, 0.25) is 5.91 Å². The Morgan fingerprint density at radius 2 is 1.85 bits per heavy atom. The number of aromatic nitrogens is 1. The van der Waals surface area contributed by atoms with Crippen molar-refractivity contribution in [3.05, 3.63) is 80.9 Å². The maximum Gasteiger partial charge on any atom is 0.274 e. The number of rotatable bonds is 13. The summed E-state index contributed by atoms with van der Waals surface area (Å²) < 4.78 is 2.41. The van der Waals surface area contributed by atoms with Crippen molar-refractivity contribution in [2.75, 3.05) is 25.9 Å². The number of carbonyl (C=O) groups excluding carboxylic acids is 1. The van der Waals surface area contributed by atoms with E-state index in [-0.39, 0.29) is 22.1 Å². The van der Waals surface area contributed by atoms with Crippen LogP contribution in [0, 0.1) is 15.5 Å². The Balaban J connectivity index is 1.76. The lowest BCUT2D eigenvalue weighted by Crippen LogP contribution is -2.43. The van der Waals surface area contributed by atoms with Crippen LogP contribution in [0.3, 0.4) is 0 Å². The molecule has 4 rings (SSSR count). The Morgan fingerprint density at radius 1 is 1.13 bits per heavy atom. The number of amides is 1. The van der Waals surface area contributed by atoms with Gasteiger partial charge in [0.25, 0.3) is 6.20 Å². The van der Waals surface area contributed by atoms with Crippen molar-refractivity contribution in [1.29, 1.82) is 0 Å². The molecule has 1 aliphatic rings. The van der Waals surface area contributed by atoms with E-state index in [1.807, 2.05) is 40.6 Å². The molecule has 0 aliphatic carbocycles. The molecule has 3 aromatic rings. The Bertz CT molecular complexity index is 1560. The highest BCUT2D eigenvalue weighted by molar-refractivity contribution is 8.01. The Kier molecular flexibility index (Phi) is 12.1. The fraction of sp³-hybridized carbons (Fsp3) is 0.514. The van der Waals surface area contributed by atoms with Crippen molar-refractivity contribution >= 4 is 51.9 Å². The summed E-state index contributed by atoms with van der Waals surface area (Å²) in [6, 6.07) is 15.1. The van der Waals surface area contributed by atoms with E-state index in [2.05, 4.69) is 80.2 Å². The molecular formula is C35H48ClN5O3S2. The van der Waals surface area contributed by atoms with E-state index in [4.69, 9.17) is 11.6 Å². The van der Waals surface area contributed by atoms with Crippen LogP contribution in [-0.2, 0) is 17.8 Å². The van der Waals surface area contributed by atoms with Gasteiger partial charge in [-0.05, 0) is 67.0 Å². The van der Waals surface area contributed by atoms with Gasteiger partial charge in [-0.15, -0.1) is 23.5 Å². The second-order valence-corrected chi connectivity index (χ2v) is 17.2. The van der Waals surface area contributed by atoms with Crippen molar-refractivity contribution in [2.45, 2.75) is 94.4 Å².